The fourth-order valence-electron chi connectivity index (χ4n) is 3.01. The number of carbonyl (C=O) groups excluding carboxylic acids is 2. The number of anilines is 1. The number of hydrogen-bond acceptors (Lipinski definition) is 2. The van der Waals surface area contributed by atoms with Gasteiger partial charge in [-0.2, -0.15) is 0 Å². The fraction of sp³-hybridized carbons (Fsp3) is 0.263. The number of amides is 3. The van der Waals surface area contributed by atoms with Crippen molar-refractivity contribution in [3.05, 3.63) is 64.7 Å². The zero-order chi connectivity index (χ0) is 16.9. The van der Waals surface area contributed by atoms with Crippen molar-refractivity contribution in [1.82, 2.24) is 5.32 Å². The molecule has 0 radical (unpaired) electrons. The van der Waals surface area contributed by atoms with Gasteiger partial charge in [-0.1, -0.05) is 18.2 Å². The summed E-state index contributed by atoms with van der Waals surface area (Å²) in [4.78, 5) is 23.1. The normalized spacial score (nSPS) is 13.0. The summed E-state index contributed by atoms with van der Waals surface area (Å²) in [5.74, 6) is -0.0669. The van der Waals surface area contributed by atoms with Crippen LogP contribution in [0, 0.1) is 0 Å². The second-order valence-corrected chi connectivity index (χ2v) is 6.06. The molecule has 1 aliphatic carbocycles. The van der Waals surface area contributed by atoms with Crippen LogP contribution in [0.5, 0.6) is 0 Å². The van der Waals surface area contributed by atoms with Crippen LogP contribution in [0.2, 0.25) is 0 Å². The largest absolute Gasteiger partial charge is 0.351 e. The lowest BCUT2D eigenvalue weighted by molar-refractivity contribution is 0.0950. The minimum Gasteiger partial charge on any atom is -0.351 e. The lowest BCUT2D eigenvalue weighted by Gasteiger charge is -2.16. The van der Waals surface area contributed by atoms with Gasteiger partial charge in [-0.05, 0) is 66.6 Å². The van der Waals surface area contributed by atoms with Crippen molar-refractivity contribution in [2.75, 3.05) is 5.32 Å². The van der Waals surface area contributed by atoms with Gasteiger partial charge in [-0.3, -0.25) is 4.79 Å². The SMILES string of the molecule is NC(=O)Nc1ccc(CNC(=O)c2ccc3c(c2)CCCC3)cc1. The molecule has 0 unspecified atom stereocenters. The third kappa shape index (κ3) is 3.93. The van der Waals surface area contributed by atoms with Gasteiger partial charge in [0.15, 0.2) is 0 Å². The Hall–Kier alpha value is -2.82. The Labute approximate surface area is 141 Å². The summed E-state index contributed by atoms with van der Waals surface area (Å²) in [6.45, 7) is 0.437. The van der Waals surface area contributed by atoms with Crippen molar-refractivity contribution >= 4 is 17.6 Å². The average molecular weight is 323 g/mol. The smallest absolute Gasteiger partial charge is 0.316 e. The average Bonchev–Trinajstić information content (AvgIpc) is 2.60. The zero-order valence-electron chi connectivity index (χ0n) is 13.5. The van der Waals surface area contributed by atoms with E-state index >= 15 is 0 Å². The van der Waals surface area contributed by atoms with Crippen LogP contribution in [0.4, 0.5) is 10.5 Å². The van der Waals surface area contributed by atoms with Crippen molar-refractivity contribution < 1.29 is 9.59 Å². The van der Waals surface area contributed by atoms with E-state index in [1.165, 1.54) is 24.0 Å². The molecule has 0 atom stereocenters. The van der Waals surface area contributed by atoms with Crippen molar-refractivity contribution in [3.8, 4) is 0 Å². The summed E-state index contributed by atoms with van der Waals surface area (Å²) in [6.07, 6.45) is 4.61. The van der Waals surface area contributed by atoms with E-state index in [0.717, 1.165) is 18.4 Å². The summed E-state index contributed by atoms with van der Waals surface area (Å²) < 4.78 is 0. The van der Waals surface area contributed by atoms with E-state index in [0.29, 0.717) is 17.8 Å². The minimum atomic E-state index is -0.594. The molecule has 0 bridgehead atoms. The molecule has 0 aromatic heterocycles. The summed E-state index contributed by atoms with van der Waals surface area (Å²) >= 11 is 0. The molecule has 3 amide bonds. The van der Waals surface area contributed by atoms with E-state index in [1.807, 2.05) is 24.3 Å². The number of nitrogens with two attached hydrogens (primary N) is 1. The number of benzene rings is 2. The molecular formula is C19H21N3O2. The molecule has 2 aromatic rings. The Balaban J connectivity index is 1.60. The maximum absolute atomic E-state index is 12.3. The van der Waals surface area contributed by atoms with Gasteiger partial charge in [0.2, 0.25) is 0 Å². The van der Waals surface area contributed by atoms with Gasteiger partial charge in [0.1, 0.15) is 0 Å². The highest BCUT2D eigenvalue weighted by Crippen LogP contribution is 2.22. The van der Waals surface area contributed by atoms with E-state index in [9.17, 15) is 9.59 Å². The van der Waals surface area contributed by atoms with Gasteiger partial charge in [0, 0.05) is 17.8 Å². The van der Waals surface area contributed by atoms with Gasteiger partial charge in [-0.25, -0.2) is 4.79 Å². The molecule has 2 aromatic carbocycles. The second kappa shape index (κ2) is 7.17. The Bertz CT molecular complexity index is 754. The molecule has 124 valence electrons. The molecule has 0 spiro atoms. The third-order valence-electron chi connectivity index (χ3n) is 4.29. The van der Waals surface area contributed by atoms with Gasteiger partial charge >= 0.3 is 6.03 Å². The van der Waals surface area contributed by atoms with Gasteiger partial charge in [-0.15, -0.1) is 0 Å². The summed E-state index contributed by atoms with van der Waals surface area (Å²) in [5.41, 5.74) is 10.0. The number of carbonyl (C=O) groups is 2. The first-order valence-electron chi connectivity index (χ1n) is 8.17. The maximum atomic E-state index is 12.3. The van der Waals surface area contributed by atoms with Gasteiger partial charge < -0.3 is 16.4 Å². The molecule has 4 N–H and O–H groups in total. The number of primary amides is 1. The molecule has 24 heavy (non-hydrogen) atoms. The summed E-state index contributed by atoms with van der Waals surface area (Å²) in [6, 6.07) is 12.6. The van der Waals surface area contributed by atoms with E-state index in [2.05, 4.69) is 16.7 Å². The number of aryl methyl sites for hydroxylation is 2. The number of rotatable bonds is 4. The van der Waals surface area contributed by atoms with Crippen LogP contribution in [0.1, 0.15) is 39.9 Å². The standard InChI is InChI=1S/C19H21N3O2/c20-19(24)22-17-9-5-13(6-10-17)12-21-18(23)16-8-7-14-3-1-2-4-15(14)11-16/h5-11H,1-4,12H2,(H,21,23)(H3,20,22,24). The number of urea groups is 1. The van der Waals surface area contributed by atoms with Crippen LogP contribution < -0.4 is 16.4 Å². The summed E-state index contributed by atoms with van der Waals surface area (Å²) in [5, 5.41) is 5.43. The third-order valence-corrected chi connectivity index (χ3v) is 4.29. The fourth-order valence-corrected chi connectivity index (χ4v) is 3.01. The summed E-state index contributed by atoms with van der Waals surface area (Å²) in [7, 11) is 0. The maximum Gasteiger partial charge on any atom is 0.316 e. The van der Waals surface area contributed by atoms with Crippen LogP contribution in [-0.4, -0.2) is 11.9 Å². The molecule has 5 nitrogen and oxygen atoms in total. The quantitative estimate of drug-likeness (QED) is 0.808. The first-order chi connectivity index (χ1) is 11.6. The molecule has 0 saturated carbocycles. The monoisotopic (exact) mass is 323 g/mol. The van der Waals surface area contributed by atoms with Crippen LogP contribution in [0.15, 0.2) is 42.5 Å². The van der Waals surface area contributed by atoms with E-state index in [-0.39, 0.29) is 5.91 Å². The lowest BCUT2D eigenvalue weighted by Crippen LogP contribution is -2.23. The molecule has 0 saturated heterocycles. The Morgan fingerprint density at radius 2 is 1.67 bits per heavy atom. The first kappa shape index (κ1) is 16.1. The molecule has 1 aliphatic rings. The first-order valence-corrected chi connectivity index (χ1v) is 8.17. The van der Waals surface area contributed by atoms with Crippen molar-refractivity contribution in [2.24, 2.45) is 5.73 Å². The zero-order valence-corrected chi connectivity index (χ0v) is 13.5. The Morgan fingerprint density at radius 3 is 2.38 bits per heavy atom. The van der Waals surface area contributed by atoms with Crippen molar-refractivity contribution in [2.45, 2.75) is 32.2 Å². The van der Waals surface area contributed by atoms with Crippen LogP contribution in [-0.2, 0) is 19.4 Å². The topological polar surface area (TPSA) is 84.2 Å². The number of fused-ring (bicyclic) bond motifs is 1. The van der Waals surface area contributed by atoms with E-state index in [1.54, 1.807) is 12.1 Å². The Kier molecular flexibility index (Phi) is 4.79. The molecule has 0 heterocycles. The second-order valence-electron chi connectivity index (χ2n) is 6.06. The predicted octanol–water partition coefficient (Wildman–Crippen LogP) is 2.99. The van der Waals surface area contributed by atoms with Crippen molar-refractivity contribution in [3.63, 3.8) is 0 Å². The van der Waals surface area contributed by atoms with Crippen LogP contribution in [0.25, 0.3) is 0 Å². The lowest BCUT2D eigenvalue weighted by atomic mass is 9.90. The number of hydrogen-bond donors (Lipinski definition) is 3. The van der Waals surface area contributed by atoms with Crippen molar-refractivity contribution in [1.29, 1.82) is 0 Å². The Morgan fingerprint density at radius 1 is 0.958 bits per heavy atom. The van der Waals surface area contributed by atoms with E-state index < -0.39 is 6.03 Å². The number of nitrogens with one attached hydrogen (secondary N) is 2. The molecule has 3 rings (SSSR count). The van der Waals surface area contributed by atoms with Gasteiger partial charge in [0.05, 0.1) is 0 Å². The highest BCUT2D eigenvalue weighted by molar-refractivity contribution is 5.94. The molecule has 0 aliphatic heterocycles. The minimum absolute atomic E-state index is 0.0669. The van der Waals surface area contributed by atoms with E-state index in [4.69, 9.17) is 5.73 Å². The molecule has 0 fully saturated rings. The molecular weight excluding hydrogens is 302 g/mol. The van der Waals surface area contributed by atoms with Crippen LogP contribution in [0.3, 0.4) is 0 Å². The predicted molar refractivity (Wildman–Crippen MR) is 93.9 cm³/mol. The molecule has 5 heteroatoms. The highest BCUT2D eigenvalue weighted by atomic mass is 16.2. The van der Waals surface area contributed by atoms with Crippen LogP contribution >= 0.6 is 0 Å². The van der Waals surface area contributed by atoms with Gasteiger partial charge in [0.25, 0.3) is 5.91 Å². The highest BCUT2D eigenvalue weighted by Gasteiger charge is 2.12.